The molecular weight excluding hydrogens is 188 g/mol. The molecule has 1 saturated carbocycles. The maximum atomic E-state index is 8.78. The highest BCUT2D eigenvalue weighted by Gasteiger charge is 2.38. The second kappa shape index (κ2) is 5.28. The van der Waals surface area contributed by atoms with Crippen molar-refractivity contribution in [2.75, 3.05) is 19.7 Å². The SMILES string of the molecule is CC1(C)CCCC(CN)(NCCCO)C1. The number of nitrogens with one attached hydrogen (secondary N) is 1. The Hall–Kier alpha value is -0.120. The molecule has 0 amide bonds. The Morgan fingerprint density at radius 1 is 1.33 bits per heavy atom. The van der Waals surface area contributed by atoms with Crippen molar-refractivity contribution in [3.05, 3.63) is 0 Å². The van der Waals surface area contributed by atoms with Gasteiger partial charge in [-0.2, -0.15) is 0 Å². The van der Waals surface area contributed by atoms with Crippen LogP contribution in [0.5, 0.6) is 0 Å². The molecule has 0 saturated heterocycles. The molecule has 0 radical (unpaired) electrons. The first-order valence-corrected chi connectivity index (χ1v) is 6.10. The summed E-state index contributed by atoms with van der Waals surface area (Å²) in [5.41, 5.74) is 6.45. The fraction of sp³-hybridized carbons (Fsp3) is 1.00. The summed E-state index contributed by atoms with van der Waals surface area (Å²) in [7, 11) is 0. The molecule has 4 N–H and O–H groups in total. The molecule has 0 aromatic rings. The van der Waals surface area contributed by atoms with E-state index < -0.39 is 0 Å². The van der Waals surface area contributed by atoms with Gasteiger partial charge in [-0.25, -0.2) is 0 Å². The number of nitrogens with two attached hydrogens (primary N) is 1. The van der Waals surface area contributed by atoms with Crippen molar-refractivity contribution in [1.29, 1.82) is 0 Å². The van der Waals surface area contributed by atoms with Crippen LogP contribution in [0, 0.1) is 5.41 Å². The summed E-state index contributed by atoms with van der Waals surface area (Å²) in [6.07, 6.45) is 5.72. The van der Waals surface area contributed by atoms with E-state index in [9.17, 15) is 0 Å². The van der Waals surface area contributed by atoms with Gasteiger partial charge in [-0.1, -0.05) is 20.3 Å². The minimum absolute atomic E-state index is 0.122. The summed E-state index contributed by atoms with van der Waals surface area (Å²) in [6, 6.07) is 0. The van der Waals surface area contributed by atoms with E-state index in [1.165, 1.54) is 19.3 Å². The normalized spacial score (nSPS) is 30.4. The van der Waals surface area contributed by atoms with Crippen LogP contribution in [0.4, 0.5) is 0 Å². The van der Waals surface area contributed by atoms with Crippen LogP contribution in [0.15, 0.2) is 0 Å². The third-order valence-electron chi connectivity index (χ3n) is 3.55. The van der Waals surface area contributed by atoms with Crippen molar-refractivity contribution in [2.24, 2.45) is 11.1 Å². The van der Waals surface area contributed by atoms with Gasteiger partial charge in [0.1, 0.15) is 0 Å². The predicted octanol–water partition coefficient (Wildman–Crippen LogP) is 1.26. The molecule has 90 valence electrons. The number of rotatable bonds is 5. The van der Waals surface area contributed by atoms with Gasteiger partial charge < -0.3 is 16.2 Å². The lowest BCUT2D eigenvalue weighted by atomic mass is 9.68. The van der Waals surface area contributed by atoms with Gasteiger partial charge in [-0.05, 0) is 37.6 Å². The quantitative estimate of drug-likeness (QED) is 0.604. The Balaban J connectivity index is 2.51. The second-order valence-electron chi connectivity index (χ2n) is 5.68. The Kier molecular flexibility index (Phi) is 4.56. The molecule has 0 aromatic heterocycles. The Morgan fingerprint density at radius 2 is 2.07 bits per heavy atom. The standard InChI is InChI=1S/C12H26N2O/c1-11(2)5-3-6-12(9-11,10-13)14-7-4-8-15/h14-15H,3-10,13H2,1-2H3. The summed E-state index contributed by atoms with van der Waals surface area (Å²) in [6.45, 7) is 6.50. The molecule has 15 heavy (non-hydrogen) atoms. The average Bonchev–Trinajstić information content (AvgIpc) is 2.17. The molecule has 1 rings (SSSR count). The molecule has 1 fully saturated rings. The molecule has 3 heteroatoms. The summed E-state index contributed by atoms with van der Waals surface area (Å²) in [4.78, 5) is 0. The van der Waals surface area contributed by atoms with Crippen LogP contribution < -0.4 is 11.1 Å². The van der Waals surface area contributed by atoms with Crippen LogP contribution in [0.25, 0.3) is 0 Å². The van der Waals surface area contributed by atoms with E-state index in [1.54, 1.807) is 0 Å². The molecule has 0 bridgehead atoms. The fourth-order valence-corrected chi connectivity index (χ4v) is 2.83. The molecule has 3 nitrogen and oxygen atoms in total. The topological polar surface area (TPSA) is 58.3 Å². The van der Waals surface area contributed by atoms with Crippen LogP contribution in [0.3, 0.4) is 0 Å². The number of hydrogen-bond acceptors (Lipinski definition) is 3. The second-order valence-corrected chi connectivity index (χ2v) is 5.68. The predicted molar refractivity (Wildman–Crippen MR) is 63.7 cm³/mol. The highest BCUT2D eigenvalue weighted by atomic mass is 16.3. The van der Waals surface area contributed by atoms with Crippen molar-refractivity contribution in [3.8, 4) is 0 Å². The molecular formula is C12H26N2O. The molecule has 0 aliphatic heterocycles. The van der Waals surface area contributed by atoms with Crippen molar-refractivity contribution in [2.45, 2.75) is 51.5 Å². The Morgan fingerprint density at radius 3 is 2.60 bits per heavy atom. The number of aliphatic hydroxyl groups excluding tert-OH is 1. The highest BCUT2D eigenvalue weighted by Crippen LogP contribution is 2.40. The first-order chi connectivity index (χ1) is 7.04. The van der Waals surface area contributed by atoms with Gasteiger partial charge >= 0.3 is 0 Å². The number of hydrogen-bond donors (Lipinski definition) is 3. The molecule has 0 heterocycles. The summed E-state index contributed by atoms with van der Waals surface area (Å²) < 4.78 is 0. The minimum Gasteiger partial charge on any atom is -0.396 e. The van der Waals surface area contributed by atoms with E-state index in [2.05, 4.69) is 19.2 Å². The van der Waals surface area contributed by atoms with Crippen LogP contribution in [0.2, 0.25) is 0 Å². The first kappa shape index (κ1) is 12.9. The molecule has 1 atom stereocenters. The Labute approximate surface area is 93.4 Å². The monoisotopic (exact) mass is 214 g/mol. The van der Waals surface area contributed by atoms with Crippen LogP contribution in [-0.2, 0) is 0 Å². The van der Waals surface area contributed by atoms with Crippen molar-refractivity contribution in [3.63, 3.8) is 0 Å². The van der Waals surface area contributed by atoms with Crippen LogP contribution >= 0.6 is 0 Å². The summed E-state index contributed by atoms with van der Waals surface area (Å²) in [5, 5.41) is 12.3. The van der Waals surface area contributed by atoms with E-state index in [-0.39, 0.29) is 12.1 Å². The molecule has 1 unspecified atom stereocenters. The maximum absolute atomic E-state index is 8.78. The lowest BCUT2D eigenvalue weighted by Crippen LogP contribution is -2.55. The van der Waals surface area contributed by atoms with Gasteiger partial charge in [-0.15, -0.1) is 0 Å². The zero-order valence-corrected chi connectivity index (χ0v) is 10.2. The fourth-order valence-electron chi connectivity index (χ4n) is 2.83. The number of aliphatic hydroxyl groups is 1. The van der Waals surface area contributed by atoms with Gasteiger partial charge in [0.25, 0.3) is 0 Å². The molecule has 1 aliphatic carbocycles. The van der Waals surface area contributed by atoms with Crippen molar-refractivity contribution < 1.29 is 5.11 Å². The zero-order chi connectivity index (χ0) is 11.4. The van der Waals surface area contributed by atoms with Crippen molar-refractivity contribution in [1.82, 2.24) is 5.32 Å². The maximum Gasteiger partial charge on any atom is 0.0443 e. The molecule has 1 aliphatic rings. The van der Waals surface area contributed by atoms with E-state index in [0.29, 0.717) is 12.0 Å². The average molecular weight is 214 g/mol. The first-order valence-electron chi connectivity index (χ1n) is 6.10. The lowest BCUT2D eigenvalue weighted by Gasteiger charge is -2.45. The van der Waals surface area contributed by atoms with Gasteiger partial charge in [0.2, 0.25) is 0 Å². The van der Waals surface area contributed by atoms with Crippen molar-refractivity contribution >= 4 is 0 Å². The Bertz CT molecular complexity index is 194. The van der Waals surface area contributed by atoms with Crippen LogP contribution in [-0.4, -0.2) is 30.3 Å². The third-order valence-corrected chi connectivity index (χ3v) is 3.55. The lowest BCUT2D eigenvalue weighted by molar-refractivity contribution is 0.122. The smallest absolute Gasteiger partial charge is 0.0443 e. The van der Waals surface area contributed by atoms with Gasteiger partial charge in [-0.3, -0.25) is 0 Å². The van der Waals surface area contributed by atoms with Gasteiger partial charge in [0.05, 0.1) is 0 Å². The van der Waals surface area contributed by atoms with E-state index in [4.69, 9.17) is 10.8 Å². The van der Waals surface area contributed by atoms with E-state index >= 15 is 0 Å². The summed E-state index contributed by atoms with van der Waals surface area (Å²) in [5.74, 6) is 0. The van der Waals surface area contributed by atoms with Crippen LogP contribution in [0.1, 0.15) is 46.0 Å². The van der Waals surface area contributed by atoms with E-state index in [0.717, 1.165) is 19.4 Å². The van der Waals surface area contributed by atoms with Gasteiger partial charge in [0, 0.05) is 18.7 Å². The largest absolute Gasteiger partial charge is 0.396 e. The van der Waals surface area contributed by atoms with E-state index in [1.807, 2.05) is 0 Å². The highest BCUT2D eigenvalue weighted by molar-refractivity contribution is 4.97. The van der Waals surface area contributed by atoms with Gasteiger partial charge in [0.15, 0.2) is 0 Å². The minimum atomic E-state index is 0.122. The zero-order valence-electron chi connectivity index (χ0n) is 10.2. The third kappa shape index (κ3) is 3.74. The summed E-state index contributed by atoms with van der Waals surface area (Å²) >= 11 is 0. The molecule has 0 aromatic carbocycles. The molecule has 0 spiro atoms.